The number of anilines is 6. The van der Waals surface area contributed by atoms with Gasteiger partial charge in [-0.15, -0.1) is 0 Å². The van der Waals surface area contributed by atoms with Gasteiger partial charge in [0.1, 0.15) is 0 Å². The van der Waals surface area contributed by atoms with Crippen LogP contribution in [0.1, 0.15) is 165 Å². The largest absolute Gasteiger partial charge is 0.341 e. The summed E-state index contributed by atoms with van der Waals surface area (Å²) in [5.74, 6) is 0. The van der Waals surface area contributed by atoms with Crippen LogP contribution in [0, 0.1) is 0 Å². The van der Waals surface area contributed by atoms with Crippen molar-refractivity contribution < 1.29 is 0 Å². The Morgan fingerprint density at radius 3 is 1.12 bits per heavy atom. The molecule has 2 aliphatic heterocycles. The first-order valence-electron chi connectivity index (χ1n) is 46.2. The van der Waals surface area contributed by atoms with Crippen LogP contribution in [-0.2, 0) is 59.6 Å². The maximum atomic E-state index is 2.81. The molecule has 2 aromatic heterocycles. The van der Waals surface area contributed by atoms with Gasteiger partial charge in [-0.2, -0.15) is 0 Å². The van der Waals surface area contributed by atoms with Gasteiger partial charge in [0.2, 0.25) is 0 Å². The third kappa shape index (κ3) is 15.6. The number of aromatic nitrogens is 2. The first-order chi connectivity index (χ1) is 61.6. The van der Waals surface area contributed by atoms with Crippen LogP contribution in [0.25, 0.3) is 93.8 Å². The van der Waals surface area contributed by atoms with Crippen molar-refractivity contribution in [1.82, 2.24) is 9.13 Å². The van der Waals surface area contributed by atoms with Crippen molar-refractivity contribution in [2.24, 2.45) is 0 Å². The zero-order valence-electron chi connectivity index (χ0n) is 77.1. The molecule has 0 N–H and O–H groups in total. The van der Waals surface area contributed by atoms with Crippen LogP contribution < -0.4 is 31.1 Å². The van der Waals surface area contributed by atoms with E-state index < -0.39 is 0 Å². The van der Waals surface area contributed by atoms with Crippen molar-refractivity contribution in [1.29, 1.82) is 0 Å². The molecule has 0 bridgehead atoms. The fraction of sp³-hybridized carbons (Fsp3) is 0.213. The molecular formula is C122H116BN5. The van der Waals surface area contributed by atoms with E-state index in [-0.39, 0.29) is 33.8 Å². The molecule has 6 heteroatoms. The number of para-hydroxylation sites is 3. The minimum atomic E-state index is -0.177. The summed E-state index contributed by atoms with van der Waals surface area (Å²) in [6.45, 7) is 37.7. The molecule has 2 aliphatic rings. The van der Waals surface area contributed by atoms with Crippen LogP contribution in [0.4, 0.5) is 34.1 Å². The Morgan fingerprint density at radius 2 is 0.656 bits per heavy atom. The van der Waals surface area contributed by atoms with E-state index in [1.54, 1.807) is 0 Å². The third-order valence-electron chi connectivity index (χ3n) is 27.5. The van der Waals surface area contributed by atoms with Crippen molar-refractivity contribution in [3.05, 3.63) is 419 Å². The summed E-state index contributed by atoms with van der Waals surface area (Å²) >= 11 is 0. The summed E-state index contributed by atoms with van der Waals surface area (Å²) in [6, 6.07) is 138. The van der Waals surface area contributed by atoms with Gasteiger partial charge in [-0.1, -0.05) is 365 Å². The number of nitrogens with zero attached hydrogens (tertiary/aromatic N) is 5. The van der Waals surface area contributed by atoms with E-state index >= 15 is 0 Å². The highest BCUT2D eigenvalue weighted by molar-refractivity contribution is 7.00. The van der Waals surface area contributed by atoms with Gasteiger partial charge in [-0.25, -0.2) is 0 Å². The van der Waals surface area contributed by atoms with E-state index in [9.17, 15) is 0 Å². The Kier molecular flexibility index (Phi) is 21.0. The van der Waals surface area contributed by atoms with Crippen LogP contribution in [0.5, 0.6) is 0 Å². The van der Waals surface area contributed by atoms with Gasteiger partial charge in [-0.05, 0) is 259 Å². The van der Waals surface area contributed by atoms with Crippen molar-refractivity contribution in [3.63, 3.8) is 0 Å². The number of rotatable bonds is 18. The second-order valence-corrected chi connectivity index (χ2v) is 41.3. The summed E-state index contributed by atoms with van der Waals surface area (Å²) in [5.41, 5.74) is 40.9. The zero-order chi connectivity index (χ0) is 88.3. The molecule has 0 amide bonds. The minimum absolute atomic E-state index is 0.0397. The van der Waals surface area contributed by atoms with Crippen molar-refractivity contribution in [3.8, 4) is 50.2 Å². The van der Waals surface area contributed by atoms with Crippen molar-refractivity contribution >= 4 is 101 Å². The highest BCUT2D eigenvalue weighted by Gasteiger charge is 2.44. The summed E-state index contributed by atoms with van der Waals surface area (Å²) in [5, 5.41) is 5.11. The molecule has 20 rings (SSSR count). The van der Waals surface area contributed by atoms with Crippen molar-refractivity contribution in [2.75, 3.05) is 21.2 Å². The van der Waals surface area contributed by atoms with Crippen LogP contribution >= 0.6 is 0 Å². The van der Waals surface area contributed by atoms with Gasteiger partial charge < -0.3 is 23.8 Å². The molecule has 128 heavy (non-hydrogen) atoms. The molecule has 0 unspecified atom stereocenters. The monoisotopic (exact) mass is 1660 g/mol. The average molecular weight is 1660 g/mol. The molecular weight excluding hydrogens is 1550 g/mol. The van der Waals surface area contributed by atoms with E-state index in [0.29, 0.717) is 26.2 Å². The summed E-state index contributed by atoms with van der Waals surface area (Å²) < 4.78 is 5.06. The second-order valence-electron chi connectivity index (χ2n) is 41.3. The minimum Gasteiger partial charge on any atom is -0.341 e. The van der Waals surface area contributed by atoms with Crippen LogP contribution in [0.3, 0.4) is 0 Å². The van der Waals surface area contributed by atoms with Gasteiger partial charge in [0.25, 0.3) is 6.71 Å². The molecule has 0 radical (unpaired) electrons. The third-order valence-corrected chi connectivity index (χ3v) is 27.5. The highest BCUT2D eigenvalue weighted by Crippen LogP contribution is 2.49. The molecule has 632 valence electrons. The molecule has 0 saturated heterocycles. The van der Waals surface area contributed by atoms with Crippen LogP contribution in [0.15, 0.2) is 358 Å². The Balaban J connectivity index is 0.856. The summed E-state index contributed by atoms with van der Waals surface area (Å²) in [7, 11) is 0. The lowest BCUT2D eigenvalue weighted by Crippen LogP contribution is -2.62. The van der Waals surface area contributed by atoms with E-state index in [4.69, 9.17) is 0 Å². The molecule has 0 saturated carbocycles. The predicted octanol–water partition coefficient (Wildman–Crippen LogP) is 29.9. The van der Waals surface area contributed by atoms with E-state index in [0.717, 1.165) is 29.9 Å². The molecule has 16 aromatic carbocycles. The average Bonchev–Trinajstić information content (AvgIpc) is 0.953. The number of hydrogen-bond acceptors (Lipinski definition) is 3. The van der Waals surface area contributed by atoms with Gasteiger partial charge >= 0.3 is 0 Å². The zero-order valence-corrected chi connectivity index (χ0v) is 77.1. The fourth-order valence-electron chi connectivity index (χ4n) is 20.4. The number of hydrogen-bond donors (Lipinski definition) is 0. The Labute approximate surface area is 758 Å². The lowest BCUT2D eigenvalue weighted by molar-refractivity contribution is 0.567. The van der Waals surface area contributed by atoms with E-state index in [2.05, 4.69) is 486 Å². The topological polar surface area (TPSA) is 19.6 Å². The fourth-order valence-corrected chi connectivity index (χ4v) is 20.4. The van der Waals surface area contributed by atoms with Gasteiger partial charge in [0.05, 0.1) is 11.0 Å². The maximum absolute atomic E-state index is 2.81. The molecule has 0 fully saturated rings. The van der Waals surface area contributed by atoms with E-state index in [1.807, 2.05) is 0 Å². The molecule has 0 aliphatic carbocycles. The Bertz CT molecular complexity index is 6970. The standard InChI is InChI=1S/C122H116BN5/c1-118(2,3)89-54-62-109-103(74-89)104-75-90(119(4,5)6)55-63-110(104)125(109)78-83-53-61-108-114(72-83)127(80-106-101(87-40-25-18-26-41-87)76-93(122(13,14)15)77-102(106)88-42-27-19-28-43-88)116-71-82(64-65-124(94-44-29-20-30-45-94)95-56-58-96(59-57-95)128-111-50-33-31-46-99(111)100-47-32-34-51-112(100)128)70-115-117(116)123(108)107-60-52-81(66-84-67-91(120(7,8)9)73-92(68-84)121(10,11)12)69-113(107)126(115)79-105-97(85-36-21-16-22-37-85)48-35-49-98(105)86-38-23-17-24-39-86/h16-63,67-77H,64-66,78-80H2,1-15H3. The van der Waals surface area contributed by atoms with Crippen LogP contribution in [0.2, 0.25) is 0 Å². The van der Waals surface area contributed by atoms with Crippen LogP contribution in [-0.4, -0.2) is 22.4 Å². The molecule has 18 aromatic rings. The van der Waals surface area contributed by atoms with E-state index in [1.165, 1.54) is 188 Å². The number of benzene rings is 16. The maximum Gasteiger partial charge on any atom is 0.252 e. The molecule has 4 heterocycles. The Morgan fingerprint density at radius 1 is 0.266 bits per heavy atom. The van der Waals surface area contributed by atoms with Gasteiger partial charge in [0.15, 0.2) is 0 Å². The summed E-state index contributed by atoms with van der Waals surface area (Å²) in [6.07, 6.45) is 1.49. The molecule has 0 atom stereocenters. The highest BCUT2D eigenvalue weighted by atomic mass is 15.2. The SMILES string of the molecule is CC(C)(C)c1cc(Cc2ccc3c(c2)N(Cc2c(-c4ccccc4)cccc2-c2ccccc2)c2cc(CCN(c4ccccc4)c4ccc(-n5c6ccccc6c6ccccc65)cc4)cc4c2B3c2ccc(Cn3c5ccc(C(C)(C)C)cc5c5cc(C(C)(C)C)ccc53)cc2N4Cc2c(-c3ccccc3)cc(C(C)(C)C)cc2-c2ccccc2)cc(C(C)(C)C)c1. The van der Waals surface area contributed by atoms with Gasteiger partial charge in [-0.3, -0.25) is 0 Å². The normalized spacial score (nSPS) is 12.9. The predicted molar refractivity (Wildman–Crippen MR) is 550 cm³/mol. The number of fused-ring (bicyclic) bond motifs is 10. The first kappa shape index (κ1) is 82.8. The lowest BCUT2D eigenvalue weighted by atomic mass is 9.33. The first-order valence-corrected chi connectivity index (χ1v) is 46.2. The molecule has 5 nitrogen and oxygen atoms in total. The summed E-state index contributed by atoms with van der Waals surface area (Å²) in [4.78, 5) is 8.16. The van der Waals surface area contributed by atoms with Gasteiger partial charge in [0, 0.05) is 98.6 Å². The van der Waals surface area contributed by atoms with Crippen molar-refractivity contribution in [2.45, 2.75) is 163 Å². The lowest BCUT2D eigenvalue weighted by Gasteiger charge is -2.45. The molecule has 0 spiro atoms. The smallest absolute Gasteiger partial charge is 0.252 e. The Hall–Kier alpha value is -13.4. The second kappa shape index (κ2) is 32.5. The quantitative estimate of drug-likeness (QED) is 0.0799.